The van der Waals surface area contributed by atoms with Crippen LogP contribution in [0.4, 0.5) is 0 Å². The zero-order valence-electron chi connectivity index (χ0n) is 19.2. The first-order valence-electron chi connectivity index (χ1n) is 11.3. The van der Waals surface area contributed by atoms with E-state index in [-0.39, 0.29) is 18.1 Å². The van der Waals surface area contributed by atoms with Gasteiger partial charge < -0.3 is 29.4 Å². The van der Waals surface area contributed by atoms with Crippen molar-refractivity contribution in [2.75, 3.05) is 13.7 Å². The lowest BCUT2D eigenvalue weighted by Crippen LogP contribution is -2.25. The van der Waals surface area contributed by atoms with Crippen LogP contribution in [0.5, 0.6) is 11.5 Å². The van der Waals surface area contributed by atoms with Crippen molar-refractivity contribution in [2.45, 2.75) is 32.4 Å². The maximum absolute atomic E-state index is 13.0. The van der Waals surface area contributed by atoms with E-state index in [1.807, 2.05) is 36.4 Å². The number of nitrogens with two attached hydrogens (primary N) is 1. The molecule has 8 heteroatoms. The number of fused-ring (bicyclic) bond motifs is 1. The van der Waals surface area contributed by atoms with E-state index < -0.39 is 6.04 Å². The van der Waals surface area contributed by atoms with Gasteiger partial charge in [0.05, 0.1) is 26.0 Å². The highest BCUT2D eigenvalue weighted by Gasteiger charge is 2.25. The predicted octanol–water partition coefficient (Wildman–Crippen LogP) is 4.83. The Bertz CT molecular complexity index is 1320. The minimum atomic E-state index is -0.513. The van der Waals surface area contributed by atoms with E-state index in [0.717, 1.165) is 16.5 Å². The molecule has 0 saturated heterocycles. The molecule has 2 heterocycles. The summed E-state index contributed by atoms with van der Waals surface area (Å²) in [6.45, 7) is 2.69. The molecule has 0 unspecified atom stereocenters. The number of benzene rings is 2. The Hall–Kier alpha value is -3.78. The maximum atomic E-state index is 13.0. The van der Waals surface area contributed by atoms with Crippen molar-refractivity contribution < 1.29 is 23.1 Å². The Morgan fingerprint density at radius 1 is 1.24 bits per heavy atom. The van der Waals surface area contributed by atoms with Crippen molar-refractivity contribution in [1.82, 2.24) is 10.3 Å². The van der Waals surface area contributed by atoms with Crippen molar-refractivity contribution in [3.05, 3.63) is 65.7 Å². The highest BCUT2D eigenvalue weighted by molar-refractivity contribution is 5.94. The smallest absolute Gasteiger partial charge is 0.273 e. The van der Waals surface area contributed by atoms with E-state index in [9.17, 15) is 4.79 Å². The second-order valence-electron chi connectivity index (χ2n) is 8.58. The highest BCUT2D eigenvalue weighted by atomic mass is 16.5. The molecule has 2 aromatic heterocycles. The molecule has 0 spiro atoms. The molecule has 2 aromatic carbocycles. The number of ether oxygens (including phenoxy) is 2. The van der Waals surface area contributed by atoms with Crippen LogP contribution in [-0.4, -0.2) is 24.6 Å². The number of furan rings is 1. The molecule has 176 valence electrons. The van der Waals surface area contributed by atoms with E-state index in [1.54, 1.807) is 26.4 Å². The lowest BCUT2D eigenvalue weighted by atomic mass is 10.1. The van der Waals surface area contributed by atoms with Crippen molar-refractivity contribution in [2.24, 2.45) is 11.7 Å². The fraction of sp³-hybridized carbons (Fsp3) is 0.308. The molecular weight excluding hydrogens is 434 g/mol. The van der Waals surface area contributed by atoms with Gasteiger partial charge in [-0.15, -0.1) is 0 Å². The Balaban J connectivity index is 1.38. The summed E-state index contributed by atoms with van der Waals surface area (Å²) in [6, 6.07) is 12.6. The highest BCUT2D eigenvalue weighted by Crippen LogP contribution is 2.36. The Morgan fingerprint density at radius 3 is 2.82 bits per heavy atom. The van der Waals surface area contributed by atoms with Crippen LogP contribution in [-0.2, 0) is 6.54 Å². The first kappa shape index (κ1) is 22.0. The van der Waals surface area contributed by atoms with Crippen LogP contribution in [0.25, 0.3) is 22.4 Å². The predicted molar refractivity (Wildman–Crippen MR) is 127 cm³/mol. The zero-order chi connectivity index (χ0) is 23.7. The molecule has 1 amide bonds. The van der Waals surface area contributed by atoms with Gasteiger partial charge >= 0.3 is 0 Å². The second kappa shape index (κ2) is 9.23. The van der Waals surface area contributed by atoms with Gasteiger partial charge in [0.15, 0.2) is 23.0 Å². The van der Waals surface area contributed by atoms with Crippen LogP contribution in [0.15, 0.2) is 57.6 Å². The van der Waals surface area contributed by atoms with E-state index in [1.165, 1.54) is 12.8 Å². The molecule has 4 aromatic rings. The number of nitrogens with zero attached hydrogens (tertiary/aromatic N) is 1. The summed E-state index contributed by atoms with van der Waals surface area (Å²) in [7, 11) is 1.60. The van der Waals surface area contributed by atoms with Gasteiger partial charge in [-0.3, -0.25) is 4.79 Å². The van der Waals surface area contributed by atoms with Crippen LogP contribution in [0, 0.1) is 5.92 Å². The summed E-state index contributed by atoms with van der Waals surface area (Å²) in [6.07, 6.45) is 4.02. The van der Waals surface area contributed by atoms with Gasteiger partial charge in [-0.05, 0) is 49.9 Å². The fourth-order valence-corrected chi connectivity index (χ4v) is 3.77. The van der Waals surface area contributed by atoms with Gasteiger partial charge in [-0.1, -0.05) is 18.2 Å². The Kier molecular flexibility index (Phi) is 5.98. The average Bonchev–Trinajstić information content (AvgIpc) is 3.41. The molecule has 1 saturated carbocycles. The number of hydrogen-bond acceptors (Lipinski definition) is 7. The summed E-state index contributed by atoms with van der Waals surface area (Å²) in [5.41, 5.74) is 8.58. The summed E-state index contributed by atoms with van der Waals surface area (Å²) in [5, 5.41) is 3.85. The monoisotopic (exact) mass is 461 g/mol. The Morgan fingerprint density at radius 2 is 2.06 bits per heavy atom. The normalized spacial score (nSPS) is 14.2. The number of carbonyl (C=O) groups is 1. The zero-order valence-corrected chi connectivity index (χ0v) is 19.2. The summed E-state index contributed by atoms with van der Waals surface area (Å²) in [4.78, 5) is 17.5. The minimum absolute atomic E-state index is 0.161. The second-order valence-corrected chi connectivity index (χ2v) is 8.58. The van der Waals surface area contributed by atoms with Crippen molar-refractivity contribution in [3.63, 3.8) is 0 Å². The van der Waals surface area contributed by atoms with E-state index in [0.29, 0.717) is 41.2 Å². The minimum Gasteiger partial charge on any atom is -0.493 e. The maximum Gasteiger partial charge on any atom is 0.273 e. The SMILES string of the molecule is COc1ccc(-c2nc(C(=O)NCc3coc4ccccc34)c([C@H](C)N)o2)cc1OCC1CC1. The standard InChI is InChI=1S/C26H27N3O5/c1-15(27)24-23(25(30)28-12-18-14-33-20-6-4-3-5-19(18)20)29-26(34-24)17-9-10-21(31-2)22(11-17)32-13-16-7-8-16/h3-6,9-11,14-16H,7-8,12-13,27H2,1-2H3,(H,28,30)/t15-/m0/s1. The molecule has 5 rings (SSSR count). The van der Waals surface area contributed by atoms with E-state index in [4.69, 9.17) is 24.0 Å². The number of aromatic nitrogens is 1. The van der Waals surface area contributed by atoms with Gasteiger partial charge in [0.25, 0.3) is 5.91 Å². The first-order chi connectivity index (χ1) is 16.5. The first-order valence-corrected chi connectivity index (χ1v) is 11.3. The van der Waals surface area contributed by atoms with Gasteiger partial charge in [0.1, 0.15) is 5.58 Å². The number of para-hydroxylation sites is 1. The van der Waals surface area contributed by atoms with Crippen molar-refractivity contribution in [1.29, 1.82) is 0 Å². The van der Waals surface area contributed by atoms with Crippen LogP contribution < -0.4 is 20.5 Å². The van der Waals surface area contributed by atoms with Crippen LogP contribution in [0.3, 0.4) is 0 Å². The average molecular weight is 462 g/mol. The van der Waals surface area contributed by atoms with Gasteiger partial charge in [-0.25, -0.2) is 4.98 Å². The van der Waals surface area contributed by atoms with E-state index in [2.05, 4.69) is 10.3 Å². The van der Waals surface area contributed by atoms with Crippen LogP contribution in [0.1, 0.15) is 47.6 Å². The quantitative estimate of drug-likeness (QED) is 0.367. The summed E-state index contributed by atoms with van der Waals surface area (Å²) in [5.74, 6) is 2.10. The van der Waals surface area contributed by atoms with Gasteiger partial charge in [-0.2, -0.15) is 0 Å². The molecule has 0 radical (unpaired) electrons. The molecule has 1 fully saturated rings. The topological polar surface area (TPSA) is 113 Å². The molecular formula is C26H27N3O5. The van der Waals surface area contributed by atoms with E-state index >= 15 is 0 Å². The van der Waals surface area contributed by atoms with Crippen molar-refractivity contribution >= 4 is 16.9 Å². The molecule has 3 N–H and O–H groups in total. The third-order valence-corrected chi connectivity index (χ3v) is 5.86. The lowest BCUT2D eigenvalue weighted by Gasteiger charge is -2.11. The lowest BCUT2D eigenvalue weighted by molar-refractivity contribution is 0.0944. The van der Waals surface area contributed by atoms with Crippen LogP contribution >= 0.6 is 0 Å². The molecule has 8 nitrogen and oxygen atoms in total. The number of rotatable bonds is 9. The molecule has 0 aliphatic heterocycles. The largest absolute Gasteiger partial charge is 0.493 e. The molecule has 1 atom stereocenters. The third kappa shape index (κ3) is 4.49. The number of oxazole rings is 1. The summed E-state index contributed by atoms with van der Waals surface area (Å²) < 4.78 is 22.9. The molecule has 0 bridgehead atoms. The van der Waals surface area contributed by atoms with Crippen LogP contribution in [0.2, 0.25) is 0 Å². The molecule has 34 heavy (non-hydrogen) atoms. The molecule has 1 aliphatic rings. The summed E-state index contributed by atoms with van der Waals surface area (Å²) >= 11 is 0. The number of methoxy groups -OCH3 is 1. The number of amides is 1. The van der Waals surface area contributed by atoms with Crippen molar-refractivity contribution in [3.8, 4) is 23.0 Å². The third-order valence-electron chi connectivity index (χ3n) is 5.86. The number of hydrogen-bond donors (Lipinski definition) is 2. The Labute approximate surface area is 197 Å². The van der Waals surface area contributed by atoms with Gasteiger partial charge in [0, 0.05) is 23.1 Å². The fourth-order valence-electron chi connectivity index (χ4n) is 3.77. The molecule has 1 aliphatic carbocycles. The number of carbonyl (C=O) groups excluding carboxylic acids is 1. The van der Waals surface area contributed by atoms with Gasteiger partial charge in [0.2, 0.25) is 5.89 Å². The number of nitrogens with one attached hydrogen (secondary N) is 1.